The van der Waals surface area contributed by atoms with E-state index in [1.165, 1.54) is 0 Å². The van der Waals surface area contributed by atoms with E-state index in [1.807, 2.05) is 19.1 Å². The molecule has 6 heteroatoms. The summed E-state index contributed by atoms with van der Waals surface area (Å²) in [6.45, 7) is 1.90. The molecular formula is C15H16BrNO4. The lowest BCUT2D eigenvalue weighted by Gasteiger charge is -2.24. The first kappa shape index (κ1) is 14.5. The predicted octanol–water partition coefficient (Wildman–Crippen LogP) is 2.57. The standard InChI is InChI=1S/C15H16BrNO4/c1-7-6-8(16)2-3-9(7)17-14(18)12-10-4-5-11(21-10)13(12)15(19)20/h2-3,6,10-13H,4-5H2,1H3,(H,17,18)(H,19,20)/t10-,11+,12-,13+/m1/s1. The van der Waals surface area contributed by atoms with Crippen LogP contribution in [0.5, 0.6) is 0 Å². The monoisotopic (exact) mass is 353 g/mol. The Hall–Kier alpha value is -1.40. The highest BCUT2D eigenvalue weighted by molar-refractivity contribution is 9.10. The van der Waals surface area contributed by atoms with Crippen LogP contribution in [-0.2, 0) is 14.3 Å². The van der Waals surface area contributed by atoms with Crippen molar-refractivity contribution in [3.05, 3.63) is 28.2 Å². The number of hydrogen-bond donors (Lipinski definition) is 2. The van der Waals surface area contributed by atoms with Crippen LogP contribution in [0.1, 0.15) is 18.4 Å². The van der Waals surface area contributed by atoms with Gasteiger partial charge in [-0.25, -0.2) is 0 Å². The number of carbonyl (C=O) groups excluding carboxylic acids is 1. The Morgan fingerprint density at radius 1 is 1.29 bits per heavy atom. The summed E-state index contributed by atoms with van der Waals surface area (Å²) in [4.78, 5) is 23.9. The van der Waals surface area contributed by atoms with Gasteiger partial charge < -0.3 is 15.2 Å². The minimum absolute atomic E-state index is 0.264. The van der Waals surface area contributed by atoms with E-state index in [2.05, 4.69) is 21.2 Å². The third kappa shape index (κ3) is 2.58. The molecule has 0 unspecified atom stereocenters. The zero-order valence-electron chi connectivity index (χ0n) is 11.5. The van der Waals surface area contributed by atoms with E-state index < -0.39 is 17.8 Å². The topological polar surface area (TPSA) is 75.6 Å². The molecule has 2 aliphatic rings. The van der Waals surface area contributed by atoms with Gasteiger partial charge in [0.1, 0.15) is 0 Å². The van der Waals surface area contributed by atoms with E-state index in [0.29, 0.717) is 5.69 Å². The highest BCUT2D eigenvalue weighted by atomic mass is 79.9. The molecule has 21 heavy (non-hydrogen) atoms. The molecule has 1 aromatic rings. The highest BCUT2D eigenvalue weighted by Crippen LogP contribution is 2.44. The number of fused-ring (bicyclic) bond motifs is 2. The number of anilines is 1. The molecule has 0 aliphatic carbocycles. The van der Waals surface area contributed by atoms with E-state index >= 15 is 0 Å². The van der Waals surface area contributed by atoms with Crippen molar-refractivity contribution in [2.24, 2.45) is 11.8 Å². The number of carbonyl (C=O) groups is 2. The van der Waals surface area contributed by atoms with Crippen LogP contribution in [0, 0.1) is 18.8 Å². The molecule has 2 saturated heterocycles. The van der Waals surface area contributed by atoms with Gasteiger partial charge in [-0.05, 0) is 43.5 Å². The smallest absolute Gasteiger partial charge is 0.310 e. The summed E-state index contributed by atoms with van der Waals surface area (Å²) in [6, 6.07) is 5.55. The number of nitrogens with one attached hydrogen (secondary N) is 1. The fraction of sp³-hybridized carbons (Fsp3) is 0.467. The molecule has 0 aromatic heterocycles. The van der Waals surface area contributed by atoms with Crippen LogP contribution in [-0.4, -0.2) is 29.2 Å². The van der Waals surface area contributed by atoms with Crippen molar-refractivity contribution >= 4 is 33.5 Å². The van der Waals surface area contributed by atoms with Gasteiger partial charge >= 0.3 is 5.97 Å². The summed E-state index contributed by atoms with van der Waals surface area (Å²) >= 11 is 3.37. The third-order valence-corrected chi connectivity index (χ3v) is 4.80. The van der Waals surface area contributed by atoms with Crippen LogP contribution >= 0.6 is 15.9 Å². The van der Waals surface area contributed by atoms with E-state index in [1.54, 1.807) is 6.07 Å². The zero-order valence-corrected chi connectivity index (χ0v) is 13.1. The number of amides is 1. The number of halogens is 1. The summed E-state index contributed by atoms with van der Waals surface area (Å²) in [7, 11) is 0. The lowest BCUT2D eigenvalue weighted by molar-refractivity contribution is -0.147. The number of carboxylic acid groups (broad SMARTS) is 1. The number of carboxylic acids is 1. The number of hydrogen-bond acceptors (Lipinski definition) is 3. The van der Waals surface area contributed by atoms with Gasteiger partial charge in [-0.1, -0.05) is 15.9 Å². The lowest BCUT2D eigenvalue weighted by atomic mass is 9.78. The summed E-state index contributed by atoms with van der Waals surface area (Å²) in [5.41, 5.74) is 1.63. The molecule has 0 radical (unpaired) electrons. The molecule has 1 aromatic carbocycles. The highest BCUT2D eigenvalue weighted by Gasteiger charge is 2.55. The second-order valence-corrected chi connectivity index (χ2v) is 6.54. The van der Waals surface area contributed by atoms with Gasteiger partial charge in [-0.2, -0.15) is 0 Å². The Balaban J connectivity index is 1.80. The fourth-order valence-electron chi connectivity index (χ4n) is 3.31. The lowest BCUT2D eigenvalue weighted by Crippen LogP contribution is -2.41. The summed E-state index contributed by atoms with van der Waals surface area (Å²) < 4.78 is 6.55. The Kier molecular flexibility index (Phi) is 3.75. The maximum atomic E-state index is 12.5. The van der Waals surface area contributed by atoms with Crippen molar-refractivity contribution in [2.45, 2.75) is 32.0 Å². The van der Waals surface area contributed by atoms with Crippen molar-refractivity contribution in [2.75, 3.05) is 5.32 Å². The molecule has 3 rings (SSSR count). The Bertz CT molecular complexity index is 603. The van der Waals surface area contributed by atoms with Gasteiger partial charge in [0.15, 0.2) is 0 Å². The Morgan fingerprint density at radius 3 is 2.57 bits per heavy atom. The van der Waals surface area contributed by atoms with Gasteiger partial charge in [0.05, 0.1) is 24.0 Å². The first-order valence-corrected chi connectivity index (χ1v) is 7.72. The Labute approximate surface area is 130 Å². The number of aliphatic carboxylic acids is 1. The first-order chi connectivity index (χ1) is 9.97. The molecule has 2 heterocycles. The predicted molar refractivity (Wildman–Crippen MR) is 80.0 cm³/mol. The number of rotatable bonds is 3. The maximum Gasteiger partial charge on any atom is 0.310 e. The molecule has 5 nitrogen and oxygen atoms in total. The largest absolute Gasteiger partial charge is 0.481 e. The third-order valence-electron chi connectivity index (χ3n) is 4.31. The molecule has 0 spiro atoms. The average Bonchev–Trinajstić information content (AvgIpc) is 3.02. The Morgan fingerprint density at radius 2 is 1.95 bits per heavy atom. The van der Waals surface area contributed by atoms with Crippen molar-refractivity contribution in [3.8, 4) is 0 Å². The van der Waals surface area contributed by atoms with Gasteiger partial charge in [0.25, 0.3) is 0 Å². The van der Waals surface area contributed by atoms with Crippen LogP contribution in [0.2, 0.25) is 0 Å². The fourth-order valence-corrected chi connectivity index (χ4v) is 3.78. The molecule has 2 fully saturated rings. The van der Waals surface area contributed by atoms with Gasteiger partial charge in [-0.15, -0.1) is 0 Å². The molecule has 2 aliphatic heterocycles. The van der Waals surface area contributed by atoms with Crippen LogP contribution in [0.4, 0.5) is 5.69 Å². The van der Waals surface area contributed by atoms with Crippen LogP contribution < -0.4 is 5.32 Å². The zero-order chi connectivity index (χ0) is 15.1. The van der Waals surface area contributed by atoms with Crippen molar-refractivity contribution < 1.29 is 19.4 Å². The summed E-state index contributed by atoms with van der Waals surface area (Å²) in [5, 5.41) is 12.2. The van der Waals surface area contributed by atoms with E-state index in [9.17, 15) is 14.7 Å². The number of aryl methyl sites for hydroxylation is 1. The van der Waals surface area contributed by atoms with Gasteiger partial charge in [0.2, 0.25) is 5.91 Å². The number of ether oxygens (including phenoxy) is 1. The second kappa shape index (κ2) is 5.42. The SMILES string of the molecule is Cc1cc(Br)ccc1NC(=O)[C@H]1[C@@H](C(=O)O)[C@@H]2CC[C@H]1O2. The molecule has 112 valence electrons. The van der Waals surface area contributed by atoms with Crippen LogP contribution in [0.15, 0.2) is 22.7 Å². The molecule has 1 amide bonds. The summed E-state index contributed by atoms with van der Waals surface area (Å²) in [6.07, 6.45) is 0.885. The minimum atomic E-state index is -0.949. The molecule has 2 N–H and O–H groups in total. The van der Waals surface area contributed by atoms with E-state index in [0.717, 1.165) is 22.9 Å². The average molecular weight is 354 g/mol. The second-order valence-electron chi connectivity index (χ2n) is 5.63. The van der Waals surface area contributed by atoms with Crippen molar-refractivity contribution in [1.29, 1.82) is 0 Å². The van der Waals surface area contributed by atoms with Gasteiger partial charge in [0, 0.05) is 10.2 Å². The van der Waals surface area contributed by atoms with Crippen LogP contribution in [0.3, 0.4) is 0 Å². The normalized spacial score (nSPS) is 30.4. The van der Waals surface area contributed by atoms with Crippen molar-refractivity contribution in [1.82, 2.24) is 0 Å². The summed E-state index contributed by atoms with van der Waals surface area (Å²) in [5.74, 6) is -2.56. The van der Waals surface area contributed by atoms with Gasteiger partial charge in [-0.3, -0.25) is 9.59 Å². The quantitative estimate of drug-likeness (QED) is 0.875. The molecular weight excluding hydrogens is 338 g/mol. The first-order valence-electron chi connectivity index (χ1n) is 6.92. The maximum absolute atomic E-state index is 12.5. The van der Waals surface area contributed by atoms with Crippen molar-refractivity contribution in [3.63, 3.8) is 0 Å². The molecule has 2 bridgehead atoms. The van der Waals surface area contributed by atoms with E-state index in [4.69, 9.17) is 4.74 Å². The molecule has 4 atom stereocenters. The minimum Gasteiger partial charge on any atom is -0.481 e. The van der Waals surface area contributed by atoms with E-state index in [-0.39, 0.29) is 18.1 Å². The number of benzene rings is 1. The molecule has 0 saturated carbocycles. The van der Waals surface area contributed by atoms with Crippen LogP contribution in [0.25, 0.3) is 0 Å².